The summed E-state index contributed by atoms with van der Waals surface area (Å²) in [6.07, 6.45) is 0. The first-order chi connectivity index (χ1) is 11.2. The molecule has 0 saturated heterocycles. The predicted octanol–water partition coefficient (Wildman–Crippen LogP) is 2.13. The molecule has 1 amide bonds. The lowest BCUT2D eigenvalue weighted by Gasteiger charge is -2.12. The van der Waals surface area contributed by atoms with E-state index in [9.17, 15) is 9.18 Å². The molecule has 2 rings (SSSR count). The highest BCUT2D eigenvalue weighted by Crippen LogP contribution is 2.04. The van der Waals surface area contributed by atoms with Gasteiger partial charge < -0.3 is 16.0 Å². The molecule has 0 unspecified atom stereocenters. The van der Waals surface area contributed by atoms with Crippen molar-refractivity contribution in [2.75, 3.05) is 18.9 Å². The average Bonchev–Trinajstić information content (AvgIpc) is 2.56. The fourth-order valence-electron chi connectivity index (χ4n) is 1.94. The van der Waals surface area contributed by atoms with Gasteiger partial charge in [-0.1, -0.05) is 30.3 Å². The summed E-state index contributed by atoms with van der Waals surface area (Å²) < 4.78 is 13.1. The van der Waals surface area contributed by atoms with E-state index in [1.807, 2.05) is 36.4 Å². The molecule has 0 atom stereocenters. The Bertz CT molecular complexity index is 673. The number of nitrogens with one attached hydrogen (secondary N) is 3. The highest BCUT2D eigenvalue weighted by Gasteiger charge is 2.04. The minimum atomic E-state index is -0.283. The van der Waals surface area contributed by atoms with Gasteiger partial charge in [0.25, 0.3) is 0 Å². The number of anilines is 1. The Hall–Kier alpha value is -2.89. The van der Waals surface area contributed by atoms with Crippen molar-refractivity contribution in [3.8, 4) is 0 Å². The molecule has 2 aromatic rings. The van der Waals surface area contributed by atoms with Crippen LogP contribution >= 0.6 is 0 Å². The molecular formula is C17H19FN4O. The Kier molecular flexibility index (Phi) is 6.11. The molecule has 0 saturated carbocycles. The van der Waals surface area contributed by atoms with Crippen LogP contribution in [0.3, 0.4) is 0 Å². The zero-order valence-electron chi connectivity index (χ0n) is 12.8. The summed E-state index contributed by atoms with van der Waals surface area (Å²) in [5, 5.41) is 8.70. The van der Waals surface area contributed by atoms with E-state index in [4.69, 9.17) is 0 Å². The fraction of sp³-hybridized carbons (Fsp3) is 0.176. The van der Waals surface area contributed by atoms with Crippen LogP contribution in [-0.2, 0) is 11.3 Å². The molecule has 120 valence electrons. The molecule has 0 spiro atoms. The van der Waals surface area contributed by atoms with Crippen LogP contribution in [-0.4, -0.2) is 25.5 Å². The molecule has 0 aliphatic carbocycles. The highest BCUT2D eigenvalue weighted by molar-refractivity contribution is 5.94. The topological polar surface area (TPSA) is 65.5 Å². The Labute approximate surface area is 134 Å². The maximum Gasteiger partial charge on any atom is 0.243 e. The number of carbonyl (C=O) groups is 1. The van der Waals surface area contributed by atoms with Gasteiger partial charge in [0.05, 0.1) is 6.54 Å². The van der Waals surface area contributed by atoms with Gasteiger partial charge in [-0.2, -0.15) is 0 Å². The van der Waals surface area contributed by atoms with E-state index in [0.29, 0.717) is 12.5 Å². The maximum absolute atomic E-state index is 13.1. The summed E-state index contributed by atoms with van der Waals surface area (Å²) >= 11 is 0. The van der Waals surface area contributed by atoms with E-state index in [1.165, 1.54) is 12.1 Å². The molecule has 5 nitrogen and oxygen atoms in total. The predicted molar refractivity (Wildman–Crippen MR) is 89.7 cm³/mol. The Morgan fingerprint density at radius 2 is 1.87 bits per heavy atom. The van der Waals surface area contributed by atoms with Crippen molar-refractivity contribution < 1.29 is 9.18 Å². The van der Waals surface area contributed by atoms with Crippen LogP contribution in [0.4, 0.5) is 10.1 Å². The smallest absolute Gasteiger partial charge is 0.243 e. The first-order valence-corrected chi connectivity index (χ1v) is 7.21. The van der Waals surface area contributed by atoms with Crippen molar-refractivity contribution in [2.45, 2.75) is 6.54 Å². The standard InChI is InChI=1S/C17H19FN4O/c1-19-17(20-11-13-6-5-7-14(18)10-13)21-12-16(23)22-15-8-3-2-4-9-15/h2-10H,11-12H2,1H3,(H,22,23)(H2,19,20,21). The maximum atomic E-state index is 13.1. The second-order valence-electron chi connectivity index (χ2n) is 4.82. The van der Waals surface area contributed by atoms with Crippen LogP contribution in [0.1, 0.15) is 5.56 Å². The van der Waals surface area contributed by atoms with Crippen molar-refractivity contribution in [2.24, 2.45) is 4.99 Å². The lowest BCUT2D eigenvalue weighted by Crippen LogP contribution is -2.41. The van der Waals surface area contributed by atoms with Crippen molar-refractivity contribution in [3.05, 3.63) is 66.0 Å². The SMILES string of the molecule is CN=C(NCC(=O)Nc1ccccc1)NCc1cccc(F)c1. The van der Waals surface area contributed by atoms with Crippen LogP contribution in [0.2, 0.25) is 0 Å². The number of amides is 1. The van der Waals surface area contributed by atoms with Gasteiger partial charge in [-0.15, -0.1) is 0 Å². The molecule has 6 heteroatoms. The summed E-state index contributed by atoms with van der Waals surface area (Å²) in [6.45, 7) is 0.495. The highest BCUT2D eigenvalue weighted by atomic mass is 19.1. The second kappa shape index (κ2) is 8.53. The number of rotatable bonds is 5. The average molecular weight is 314 g/mol. The van der Waals surface area contributed by atoms with Gasteiger partial charge in [0.15, 0.2) is 5.96 Å². The van der Waals surface area contributed by atoms with Gasteiger partial charge in [0.2, 0.25) is 5.91 Å². The molecule has 0 bridgehead atoms. The zero-order chi connectivity index (χ0) is 16.5. The largest absolute Gasteiger partial charge is 0.352 e. The summed E-state index contributed by atoms with van der Waals surface area (Å²) in [7, 11) is 1.61. The number of para-hydroxylation sites is 1. The van der Waals surface area contributed by atoms with Crippen LogP contribution in [0, 0.1) is 5.82 Å². The first-order valence-electron chi connectivity index (χ1n) is 7.21. The number of benzene rings is 2. The third-order valence-electron chi connectivity index (χ3n) is 3.05. The molecule has 0 radical (unpaired) electrons. The van der Waals surface area contributed by atoms with Crippen LogP contribution in [0.5, 0.6) is 0 Å². The van der Waals surface area contributed by atoms with E-state index in [-0.39, 0.29) is 18.3 Å². The number of guanidine groups is 1. The summed E-state index contributed by atoms with van der Waals surface area (Å²) in [5.41, 5.74) is 1.53. The van der Waals surface area contributed by atoms with Gasteiger partial charge in [0.1, 0.15) is 5.82 Å². The molecule has 0 heterocycles. The number of halogens is 1. The van der Waals surface area contributed by atoms with Crippen LogP contribution in [0.15, 0.2) is 59.6 Å². The third kappa shape index (κ3) is 5.78. The van der Waals surface area contributed by atoms with Gasteiger partial charge >= 0.3 is 0 Å². The number of carbonyl (C=O) groups excluding carboxylic acids is 1. The molecular weight excluding hydrogens is 295 g/mol. The lowest BCUT2D eigenvalue weighted by molar-refractivity contribution is -0.115. The van der Waals surface area contributed by atoms with Gasteiger partial charge in [-0.25, -0.2) is 4.39 Å². The van der Waals surface area contributed by atoms with Gasteiger partial charge in [-0.3, -0.25) is 9.79 Å². The lowest BCUT2D eigenvalue weighted by atomic mass is 10.2. The van der Waals surface area contributed by atoms with E-state index >= 15 is 0 Å². The van der Waals surface area contributed by atoms with Crippen molar-refractivity contribution in [1.29, 1.82) is 0 Å². The minimum absolute atomic E-state index is 0.0811. The van der Waals surface area contributed by atoms with E-state index in [0.717, 1.165) is 11.3 Å². The monoisotopic (exact) mass is 314 g/mol. The minimum Gasteiger partial charge on any atom is -0.352 e. The quantitative estimate of drug-likeness (QED) is 0.585. The Morgan fingerprint density at radius 1 is 1.09 bits per heavy atom. The Balaban J connectivity index is 1.77. The van der Waals surface area contributed by atoms with E-state index in [1.54, 1.807) is 13.1 Å². The number of hydrogen-bond acceptors (Lipinski definition) is 2. The third-order valence-corrected chi connectivity index (χ3v) is 3.05. The molecule has 0 fully saturated rings. The van der Waals surface area contributed by atoms with E-state index < -0.39 is 0 Å². The van der Waals surface area contributed by atoms with Crippen LogP contribution in [0.25, 0.3) is 0 Å². The molecule has 2 aromatic carbocycles. The summed E-state index contributed by atoms with van der Waals surface area (Å²) in [6, 6.07) is 15.5. The molecule has 0 aromatic heterocycles. The normalized spacial score (nSPS) is 11.0. The second-order valence-corrected chi connectivity index (χ2v) is 4.82. The van der Waals surface area contributed by atoms with Crippen LogP contribution < -0.4 is 16.0 Å². The van der Waals surface area contributed by atoms with Crippen molar-refractivity contribution in [3.63, 3.8) is 0 Å². The fourth-order valence-corrected chi connectivity index (χ4v) is 1.94. The number of hydrogen-bond donors (Lipinski definition) is 3. The molecule has 0 aliphatic heterocycles. The summed E-state index contributed by atoms with van der Waals surface area (Å²) in [4.78, 5) is 15.9. The van der Waals surface area contributed by atoms with Crippen molar-refractivity contribution >= 4 is 17.6 Å². The molecule has 23 heavy (non-hydrogen) atoms. The number of nitrogens with zero attached hydrogens (tertiary/aromatic N) is 1. The van der Waals surface area contributed by atoms with Crippen molar-refractivity contribution in [1.82, 2.24) is 10.6 Å². The van der Waals surface area contributed by atoms with E-state index in [2.05, 4.69) is 20.9 Å². The van der Waals surface area contributed by atoms with Gasteiger partial charge in [0, 0.05) is 19.3 Å². The summed E-state index contributed by atoms with van der Waals surface area (Å²) in [5.74, 6) is 0.0110. The first kappa shape index (κ1) is 16.5. The van der Waals surface area contributed by atoms with Gasteiger partial charge in [-0.05, 0) is 29.8 Å². The number of aliphatic imine (C=N–C) groups is 1. The Morgan fingerprint density at radius 3 is 2.57 bits per heavy atom. The molecule has 3 N–H and O–H groups in total. The zero-order valence-corrected chi connectivity index (χ0v) is 12.8. The molecule has 0 aliphatic rings.